The summed E-state index contributed by atoms with van der Waals surface area (Å²) < 4.78 is 4.68. The topological polar surface area (TPSA) is 62.7 Å². The summed E-state index contributed by atoms with van der Waals surface area (Å²) in [4.78, 5) is 18.1. The summed E-state index contributed by atoms with van der Waals surface area (Å²) in [6, 6.07) is 4.28. The van der Waals surface area contributed by atoms with Gasteiger partial charge in [0.2, 0.25) is 0 Å². The molecule has 0 saturated heterocycles. The van der Waals surface area contributed by atoms with Gasteiger partial charge in [-0.2, -0.15) is 0 Å². The molecule has 120 valence electrons. The molecule has 1 unspecified atom stereocenters. The van der Waals surface area contributed by atoms with Gasteiger partial charge in [-0.15, -0.1) is 35.3 Å². The molecule has 0 fully saturated rings. The number of methoxy groups -OCH3 is 1. The molecule has 0 aliphatic rings. The molecule has 0 radical (unpaired) electrons. The molecule has 1 aromatic rings. The third kappa shape index (κ3) is 7.12. The van der Waals surface area contributed by atoms with Crippen LogP contribution in [0.15, 0.2) is 17.1 Å². The van der Waals surface area contributed by atoms with E-state index in [0.717, 1.165) is 13.0 Å². The zero-order valence-corrected chi connectivity index (χ0v) is 16.1. The maximum Gasteiger partial charge on any atom is 0.310 e. The van der Waals surface area contributed by atoms with Gasteiger partial charge >= 0.3 is 5.97 Å². The average molecular weight is 425 g/mol. The Balaban J connectivity index is 0.00000400. The molecular weight excluding hydrogens is 401 g/mol. The highest BCUT2D eigenvalue weighted by Gasteiger charge is 2.13. The molecule has 0 spiro atoms. The minimum atomic E-state index is -0.223. The fourth-order valence-electron chi connectivity index (χ4n) is 1.63. The summed E-state index contributed by atoms with van der Waals surface area (Å²) in [5, 5.41) is 6.35. The Morgan fingerprint density at radius 2 is 2.05 bits per heavy atom. The number of hydrogen-bond acceptors (Lipinski definition) is 4. The van der Waals surface area contributed by atoms with Crippen LogP contribution in [0.2, 0.25) is 0 Å². The number of aryl methyl sites for hydroxylation is 1. The minimum Gasteiger partial charge on any atom is -0.469 e. The number of carbonyl (C=O) groups is 1. The van der Waals surface area contributed by atoms with Gasteiger partial charge in [0.15, 0.2) is 5.96 Å². The Labute approximate surface area is 147 Å². The third-order valence-corrected chi connectivity index (χ3v) is 4.13. The van der Waals surface area contributed by atoms with Crippen molar-refractivity contribution in [3.63, 3.8) is 0 Å². The molecule has 0 amide bonds. The van der Waals surface area contributed by atoms with Crippen LogP contribution in [0.25, 0.3) is 0 Å². The highest BCUT2D eigenvalue weighted by atomic mass is 127. The van der Waals surface area contributed by atoms with Crippen LogP contribution in [0.4, 0.5) is 0 Å². The molecule has 0 aromatic carbocycles. The molecule has 1 heterocycles. The highest BCUT2D eigenvalue weighted by Crippen LogP contribution is 2.16. The maximum absolute atomic E-state index is 11.3. The van der Waals surface area contributed by atoms with E-state index in [9.17, 15) is 4.79 Å². The smallest absolute Gasteiger partial charge is 0.310 e. The summed E-state index contributed by atoms with van der Waals surface area (Å²) in [6.45, 7) is 5.20. The monoisotopic (exact) mass is 425 g/mol. The number of rotatable bonds is 6. The summed E-state index contributed by atoms with van der Waals surface area (Å²) in [6.07, 6.45) is 1.06. The number of nitrogens with zero attached hydrogens (tertiary/aromatic N) is 1. The molecule has 0 aliphatic heterocycles. The Hall–Kier alpha value is -0.830. The van der Waals surface area contributed by atoms with E-state index in [1.165, 1.54) is 16.9 Å². The van der Waals surface area contributed by atoms with Gasteiger partial charge < -0.3 is 15.4 Å². The van der Waals surface area contributed by atoms with Crippen LogP contribution in [0.5, 0.6) is 0 Å². The second kappa shape index (κ2) is 10.8. The lowest BCUT2D eigenvalue weighted by molar-refractivity contribution is -0.144. The van der Waals surface area contributed by atoms with E-state index in [-0.39, 0.29) is 35.9 Å². The second-order valence-electron chi connectivity index (χ2n) is 4.45. The van der Waals surface area contributed by atoms with E-state index >= 15 is 0 Å². The zero-order valence-electron chi connectivity index (χ0n) is 12.9. The van der Waals surface area contributed by atoms with Crippen LogP contribution in [-0.4, -0.2) is 32.6 Å². The molecule has 7 heteroatoms. The van der Waals surface area contributed by atoms with Crippen LogP contribution in [0.1, 0.15) is 23.6 Å². The van der Waals surface area contributed by atoms with Gasteiger partial charge in [-0.25, -0.2) is 0 Å². The van der Waals surface area contributed by atoms with Crippen molar-refractivity contribution in [1.82, 2.24) is 10.6 Å². The first-order chi connectivity index (χ1) is 9.60. The van der Waals surface area contributed by atoms with Crippen molar-refractivity contribution in [2.75, 3.05) is 20.7 Å². The number of nitrogens with one attached hydrogen (secondary N) is 2. The lowest BCUT2D eigenvalue weighted by atomic mass is 10.2. The Bertz CT molecular complexity index is 463. The molecule has 1 aromatic heterocycles. The number of halogens is 1. The average Bonchev–Trinajstić information content (AvgIpc) is 2.94. The van der Waals surface area contributed by atoms with Crippen molar-refractivity contribution >= 4 is 47.2 Å². The van der Waals surface area contributed by atoms with E-state index < -0.39 is 0 Å². The number of aliphatic imine (C=N–C) groups is 1. The van der Waals surface area contributed by atoms with E-state index in [2.05, 4.69) is 39.4 Å². The second-order valence-corrected chi connectivity index (χ2v) is 5.71. The Morgan fingerprint density at radius 1 is 1.38 bits per heavy atom. The highest BCUT2D eigenvalue weighted by molar-refractivity contribution is 14.0. The van der Waals surface area contributed by atoms with E-state index in [4.69, 9.17) is 0 Å². The van der Waals surface area contributed by atoms with Crippen molar-refractivity contribution in [3.8, 4) is 0 Å². The lowest BCUT2D eigenvalue weighted by Gasteiger charge is -2.14. The predicted octanol–water partition coefficient (Wildman–Crippen LogP) is 2.40. The van der Waals surface area contributed by atoms with Gasteiger partial charge in [0, 0.05) is 23.3 Å². The summed E-state index contributed by atoms with van der Waals surface area (Å²) in [5.41, 5.74) is 0. The minimum absolute atomic E-state index is 0. The number of carbonyl (C=O) groups excluding carboxylic acids is 1. The molecule has 5 nitrogen and oxygen atoms in total. The van der Waals surface area contributed by atoms with Crippen LogP contribution < -0.4 is 10.6 Å². The zero-order chi connectivity index (χ0) is 15.0. The van der Waals surface area contributed by atoms with Crippen LogP contribution in [0, 0.1) is 5.92 Å². The van der Waals surface area contributed by atoms with Crippen LogP contribution >= 0.6 is 35.3 Å². The molecule has 0 saturated carbocycles. The predicted molar refractivity (Wildman–Crippen MR) is 98.5 cm³/mol. The summed E-state index contributed by atoms with van der Waals surface area (Å²) in [7, 11) is 3.11. The standard InChI is InChI=1S/C14H23N3O2S.HI/c1-5-11-6-7-12(20-11)9-17-14(15-3)16-8-10(2)13(18)19-4;/h6-7,10H,5,8-9H2,1-4H3,(H2,15,16,17);1H. The van der Waals surface area contributed by atoms with E-state index in [0.29, 0.717) is 12.5 Å². The largest absolute Gasteiger partial charge is 0.469 e. The van der Waals surface area contributed by atoms with Gasteiger partial charge in [-0.3, -0.25) is 9.79 Å². The van der Waals surface area contributed by atoms with Crippen molar-refractivity contribution in [2.24, 2.45) is 10.9 Å². The normalized spacial score (nSPS) is 12.3. The Kier molecular flexibility index (Phi) is 10.4. The molecule has 0 aliphatic carbocycles. The van der Waals surface area contributed by atoms with Gasteiger partial charge in [0.25, 0.3) is 0 Å². The van der Waals surface area contributed by atoms with Crippen molar-refractivity contribution < 1.29 is 9.53 Å². The maximum atomic E-state index is 11.3. The quantitative estimate of drug-likeness (QED) is 0.318. The molecule has 1 rings (SSSR count). The van der Waals surface area contributed by atoms with Crippen LogP contribution in [-0.2, 0) is 22.5 Å². The van der Waals surface area contributed by atoms with E-state index in [1.54, 1.807) is 18.4 Å². The molecule has 2 N–H and O–H groups in total. The number of thiophene rings is 1. The number of hydrogen-bond donors (Lipinski definition) is 2. The van der Waals surface area contributed by atoms with Crippen molar-refractivity contribution in [3.05, 3.63) is 21.9 Å². The fourth-order valence-corrected chi connectivity index (χ4v) is 2.53. The number of guanidine groups is 1. The summed E-state index contributed by atoms with van der Waals surface area (Å²) in [5.74, 6) is 0.262. The lowest BCUT2D eigenvalue weighted by Crippen LogP contribution is -2.40. The molecule has 21 heavy (non-hydrogen) atoms. The van der Waals surface area contributed by atoms with Gasteiger partial charge in [0.05, 0.1) is 19.6 Å². The molecule has 1 atom stereocenters. The van der Waals surface area contributed by atoms with Gasteiger partial charge in [-0.05, 0) is 18.6 Å². The SMILES string of the molecule is CCc1ccc(CNC(=NC)NCC(C)C(=O)OC)s1.I. The van der Waals surface area contributed by atoms with Crippen molar-refractivity contribution in [1.29, 1.82) is 0 Å². The fraction of sp³-hybridized carbons (Fsp3) is 0.571. The number of esters is 1. The summed E-state index contributed by atoms with van der Waals surface area (Å²) >= 11 is 1.80. The first kappa shape index (κ1) is 20.2. The molecule has 0 bridgehead atoms. The van der Waals surface area contributed by atoms with Gasteiger partial charge in [-0.1, -0.05) is 13.8 Å². The van der Waals surface area contributed by atoms with Crippen LogP contribution in [0.3, 0.4) is 0 Å². The first-order valence-electron chi connectivity index (χ1n) is 6.70. The Morgan fingerprint density at radius 3 is 2.57 bits per heavy atom. The first-order valence-corrected chi connectivity index (χ1v) is 7.52. The van der Waals surface area contributed by atoms with Crippen molar-refractivity contribution in [2.45, 2.75) is 26.8 Å². The van der Waals surface area contributed by atoms with E-state index in [1.807, 2.05) is 6.92 Å². The molecular formula is C14H24IN3O2S. The number of ether oxygens (including phenoxy) is 1. The third-order valence-electron chi connectivity index (χ3n) is 2.90. The van der Waals surface area contributed by atoms with Gasteiger partial charge in [0.1, 0.15) is 0 Å².